The van der Waals surface area contributed by atoms with Crippen molar-refractivity contribution in [1.82, 2.24) is 9.80 Å². The van der Waals surface area contributed by atoms with Crippen LogP contribution in [0.4, 0.5) is 0 Å². The standard InChI is InChI=1S/C12H21N3O4/c1-14(6-4-11(17)18)8-10(16)15-5-2-3-9(7-15)12(13)19/h9H,2-8H2,1H3,(H2,13,19)(H,17,18). The van der Waals surface area contributed by atoms with E-state index in [1.807, 2.05) is 0 Å². The molecule has 0 saturated carbocycles. The van der Waals surface area contributed by atoms with E-state index in [0.29, 0.717) is 19.6 Å². The van der Waals surface area contributed by atoms with Crippen molar-refractivity contribution in [2.24, 2.45) is 11.7 Å². The molecular formula is C12H21N3O4. The van der Waals surface area contributed by atoms with Gasteiger partial charge in [-0.1, -0.05) is 0 Å². The third-order valence-electron chi connectivity index (χ3n) is 3.29. The lowest BCUT2D eigenvalue weighted by Crippen LogP contribution is -2.47. The zero-order valence-corrected chi connectivity index (χ0v) is 11.2. The van der Waals surface area contributed by atoms with Crippen molar-refractivity contribution in [3.8, 4) is 0 Å². The minimum absolute atomic E-state index is 0.00763. The summed E-state index contributed by atoms with van der Waals surface area (Å²) in [4.78, 5) is 36.9. The number of nitrogens with zero attached hydrogens (tertiary/aromatic N) is 2. The molecule has 1 aliphatic rings. The molecule has 0 bridgehead atoms. The average molecular weight is 271 g/mol. The number of hydrogen-bond acceptors (Lipinski definition) is 4. The van der Waals surface area contributed by atoms with E-state index in [2.05, 4.69) is 0 Å². The predicted octanol–water partition coefficient (Wildman–Crippen LogP) is -0.883. The van der Waals surface area contributed by atoms with Crippen LogP contribution in [0, 0.1) is 5.92 Å². The van der Waals surface area contributed by atoms with Crippen molar-refractivity contribution >= 4 is 17.8 Å². The van der Waals surface area contributed by atoms with Crippen molar-refractivity contribution in [1.29, 1.82) is 0 Å². The van der Waals surface area contributed by atoms with E-state index in [1.165, 1.54) is 0 Å². The summed E-state index contributed by atoms with van der Waals surface area (Å²) in [5.41, 5.74) is 5.26. The van der Waals surface area contributed by atoms with E-state index in [4.69, 9.17) is 10.8 Å². The third kappa shape index (κ3) is 5.25. The van der Waals surface area contributed by atoms with Crippen LogP contribution in [0.25, 0.3) is 0 Å². The summed E-state index contributed by atoms with van der Waals surface area (Å²) in [5.74, 6) is -1.59. The molecule has 0 radical (unpaired) electrons. The predicted molar refractivity (Wildman–Crippen MR) is 68.2 cm³/mol. The first-order valence-corrected chi connectivity index (χ1v) is 6.37. The normalized spacial score (nSPS) is 19.5. The van der Waals surface area contributed by atoms with E-state index in [9.17, 15) is 14.4 Å². The molecule has 0 aromatic carbocycles. The van der Waals surface area contributed by atoms with Gasteiger partial charge in [0.05, 0.1) is 18.9 Å². The largest absolute Gasteiger partial charge is 0.481 e. The second-order valence-corrected chi connectivity index (χ2v) is 4.96. The maximum atomic E-state index is 12.0. The molecule has 19 heavy (non-hydrogen) atoms. The topological polar surface area (TPSA) is 104 Å². The highest BCUT2D eigenvalue weighted by Crippen LogP contribution is 2.16. The summed E-state index contributed by atoms with van der Waals surface area (Å²) in [5, 5.41) is 8.57. The smallest absolute Gasteiger partial charge is 0.304 e. The summed E-state index contributed by atoms with van der Waals surface area (Å²) in [7, 11) is 1.70. The lowest BCUT2D eigenvalue weighted by atomic mass is 9.97. The summed E-state index contributed by atoms with van der Waals surface area (Å²) < 4.78 is 0. The van der Waals surface area contributed by atoms with Crippen LogP contribution in [0.1, 0.15) is 19.3 Å². The maximum Gasteiger partial charge on any atom is 0.304 e. The first-order valence-electron chi connectivity index (χ1n) is 6.37. The summed E-state index contributed by atoms with van der Waals surface area (Å²) in [6, 6.07) is 0. The number of carboxylic acids is 1. The van der Waals surface area contributed by atoms with Gasteiger partial charge in [-0.05, 0) is 19.9 Å². The number of amides is 2. The number of carbonyl (C=O) groups excluding carboxylic acids is 2. The van der Waals surface area contributed by atoms with Crippen LogP contribution in [0.5, 0.6) is 0 Å². The number of rotatable bonds is 6. The Labute approximate surface area is 112 Å². The zero-order valence-electron chi connectivity index (χ0n) is 11.2. The number of aliphatic carboxylic acids is 1. The Morgan fingerprint density at radius 3 is 2.68 bits per heavy atom. The molecule has 1 aliphatic heterocycles. The maximum absolute atomic E-state index is 12.0. The highest BCUT2D eigenvalue weighted by molar-refractivity contribution is 5.81. The molecule has 0 aromatic rings. The molecular weight excluding hydrogens is 250 g/mol. The Hall–Kier alpha value is -1.63. The first kappa shape index (κ1) is 15.4. The van der Waals surface area contributed by atoms with E-state index < -0.39 is 5.97 Å². The van der Waals surface area contributed by atoms with E-state index >= 15 is 0 Å². The summed E-state index contributed by atoms with van der Waals surface area (Å²) in [6.45, 7) is 1.50. The average Bonchev–Trinajstić information content (AvgIpc) is 2.36. The minimum atomic E-state index is -0.883. The molecule has 2 amide bonds. The second kappa shape index (κ2) is 7.08. The lowest BCUT2D eigenvalue weighted by Gasteiger charge is -2.32. The van der Waals surface area contributed by atoms with Gasteiger partial charge < -0.3 is 15.7 Å². The van der Waals surface area contributed by atoms with E-state index in [-0.39, 0.29) is 30.7 Å². The fourth-order valence-electron chi connectivity index (χ4n) is 2.13. The van der Waals surface area contributed by atoms with Gasteiger partial charge >= 0.3 is 5.97 Å². The molecule has 0 aromatic heterocycles. The highest BCUT2D eigenvalue weighted by Gasteiger charge is 2.27. The molecule has 1 fully saturated rings. The van der Waals surface area contributed by atoms with Crippen LogP contribution < -0.4 is 5.73 Å². The number of hydrogen-bond donors (Lipinski definition) is 2. The number of carbonyl (C=O) groups is 3. The van der Waals surface area contributed by atoms with Crippen LogP contribution in [0.2, 0.25) is 0 Å². The SMILES string of the molecule is CN(CCC(=O)O)CC(=O)N1CCCC(C(N)=O)C1. The number of piperidine rings is 1. The monoisotopic (exact) mass is 271 g/mol. The number of primary amides is 1. The van der Waals surface area contributed by atoms with Crippen LogP contribution in [0.3, 0.4) is 0 Å². The van der Waals surface area contributed by atoms with Crippen LogP contribution in [-0.2, 0) is 14.4 Å². The Balaban J connectivity index is 2.40. The Morgan fingerprint density at radius 1 is 1.42 bits per heavy atom. The molecule has 1 rings (SSSR count). The van der Waals surface area contributed by atoms with Crippen LogP contribution in [-0.4, -0.2) is 65.9 Å². The van der Waals surface area contributed by atoms with E-state index in [1.54, 1.807) is 16.8 Å². The van der Waals surface area contributed by atoms with Gasteiger partial charge in [-0.3, -0.25) is 19.3 Å². The lowest BCUT2D eigenvalue weighted by molar-refractivity contribution is -0.139. The molecule has 1 saturated heterocycles. The zero-order chi connectivity index (χ0) is 14.4. The summed E-state index contributed by atoms with van der Waals surface area (Å²) in [6.07, 6.45) is 1.51. The molecule has 1 heterocycles. The van der Waals surface area contributed by atoms with Gasteiger partial charge in [0.25, 0.3) is 0 Å². The Morgan fingerprint density at radius 2 is 2.11 bits per heavy atom. The Bertz CT molecular complexity index is 359. The molecule has 0 aliphatic carbocycles. The van der Waals surface area contributed by atoms with Gasteiger partial charge in [-0.15, -0.1) is 0 Å². The number of nitrogens with two attached hydrogens (primary N) is 1. The molecule has 7 heteroatoms. The molecule has 1 unspecified atom stereocenters. The number of likely N-dealkylation sites (N-methyl/N-ethyl adjacent to an activating group) is 1. The fraction of sp³-hybridized carbons (Fsp3) is 0.750. The van der Waals surface area contributed by atoms with Crippen molar-refractivity contribution in [3.05, 3.63) is 0 Å². The van der Waals surface area contributed by atoms with E-state index in [0.717, 1.165) is 12.8 Å². The molecule has 7 nitrogen and oxygen atoms in total. The molecule has 0 spiro atoms. The van der Waals surface area contributed by atoms with Gasteiger partial charge in [-0.25, -0.2) is 0 Å². The number of likely N-dealkylation sites (tertiary alicyclic amines) is 1. The van der Waals surface area contributed by atoms with Gasteiger partial charge in [0, 0.05) is 19.6 Å². The molecule has 3 N–H and O–H groups in total. The van der Waals surface area contributed by atoms with Gasteiger partial charge in [-0.2, -0.15) is 0 Å². The van der Waals surface area contributed by atoms with Crippen molar-refractivity contribution in [3.63, 3.8) is 0 Å². The van der Waals surface area contributed by atoms with Gasteiger partial charge in [0.1, 0.15) is 0 Å². The van der Waals surface area contributed by atoms with Gasteiger partial charge in [0.2, 0.25) is 11.8 Å². The van der Waals surface area contributed by atoms with Crippen LogP contribution in [0.15, 0.2) is 0 Å². The first-order chi connectivity index (χ1) is 8.90. The van der Waals surface area contributed by atoms with Crippen molar-refractivity contribution in [2.75, 3.05) is 33.2 Å². The minimum Gasteiger partial charge on any atom is -0.481 e. The Kier molecular flexibility index (Phi) is 5.75. The van der Waals surface area contributed by atoms with Crippen LogP contribution >= 0.6 is 0 Å². The molecule has 1 atom stereocenters. The second-order valence-electron chi connectivity index (χ2n) is 4.96. The third-order valence-corrected chi connectivity index (χ3v) is 3.29. The number of carboxylic acid groups (broad SMARTS) is 1. The van der Waals surface area contributed by atoms with Gasteiger partial charge in [0.15, 0.2) is 0 Å². The quantitative estimate of drug-likeness (QED) is 0.652. The van der Waals surface area contributed by atoms with Crippen molar-refractivity contribution < 1.29 is 19.5 Å². The summed E-state index contributed by atoms with van der Waals surface area (Å²) >= 11 is 0. The van der Waals surface area contributed by atoms with Crippen molar-refractivity contribution in [2.45, 2.75) is 19.3 Å². The molecule has 108 valence electrons. The highest BCUT2D eigenvalue weighted by atomic mass is 16.4. The fourth-order valence-corrected chi connectivity index (χ4v) is 2.13.